The van der Waals surface area contributed by atoms with Gasteiger partial charge in [0.1, 0.15) is 6.61 Å². The molecule has 0 unspecified atom stereocenters. The first kappa shape index (κ1) is 23.1. The van der Waals surface area contributed by atoms with Crippen LogP contribution < -0.4 is 14.6 Å². The zero-order chi connectivity index (χ0) is 23.4. The minimum atomic E-state index is -1.44. The molecule has 1 heterocycles. The Bertz CT molecular complexity index is 1150. The molecule has 1 aliphatic rings. The van der Waals surface area contributed by atoms with Crippen LogP contribution in [0.3, 0.4) is 0 Å². The number of imide groups is 1. The van der Waals surface area contributed by atoms with Gasteiger partial charge in [-0.2, -0.15) is 0 Å². The highest BCUT2D eigenvalue weighted by atomic mass is 35.5. The Morgan fingerprint density at radius 2 is 2.03 bits per heavy atom. The van der Waals surface area contributed by atoms with E-state index in [0.29, 0.717) is 22.9 Å². The summed E-state index contributed by atoms with van der Waals surface area (Å²) in [5.41, 5.74) is 0.697. The highest BCUT2D eigenvalue weighted by Gasteiger charge is 2.35. The minimum Gasteiger partial charge on any atom is -0.546 e. The molecule has 0 saturated carbocycles. The average molecular weight is 478 g/mol. The van der Waals surface area contributed by atoms with Crippen LogP contribution in [-0.2, 0) is 16.1 Å². The van der Waals surface area contributed by atoms with Crippen LogP contribution in [0.1, 0.15) is 11.1 Å². The van der Waals surface area contributed by atoms with Gasteiger partial charge in [-0.25, -0.2) is 0 Å². The van der Waals surface area contributed by atoms with Crippen molar-refractivity contribution in [2.45, 2.75) is 6.54 Å². The van der Waals surface area contributed by atoms with Crippen LogP contribution in [0.15, 0.2) is 41.3 Å². The van der Waals surface area contributed by atoms with Crippen LogP contribution in [-0.4, -0.2) is 40.7 Å². The summed E-state index contributed by atoms with van der Waals surface area (Å²) in [4.78, 5) is 47.2. The molecule has 0 radical (unpaired) electrons. The number of rotatable bonds is 8. The van der Waals surface area contributed by atoms with Crippen LogP contribution in [0.25, 0.3) is 6.08 Å². The molecule has 0 atom stereocenters. The monoisotopic (exact) mass is 477 g/mol. The molecule has 2 amide bonds. The second-order valence-corrected chi connectivity index (χ2v) is 7.79. The van der Waals surface area contributed by atoms with E-state index in [2.05, 4.69) is 0 Å². The number of nitrogens with zero attached hydrogens (tertiary/aromatic N) is 2. The molecule has 1 fully saturated rings. The Balaban J connectivity index is 1.84. The van der Waals surface area contributed by atoms with Crippen LogP contribution >= 0.6 is 23.4 Å². The Kier molecular flexibility index (Phi) is 7.01. The summed E-state index contributed by atoms with van der Waals surface area (Å²) in [7, 11) is 1.33. The number of thioether (sulfide) groups is 1. The average Bonchev–Trinajstić information content (AvgIpc) is 3.00. The molecule has 1 aliphatic heterocycles. The summed E-state index contributed by atoms with van der Waals surface area (Å²) in [6, 6.07) is 8.54. The highest BCUT2D eigenvalue weighted by molar-refractivity contribution is 8.18. The number of nitro groups is 1. The van der Waals surface area contributed by atoms with Gasteiger partial charge in [-0.05, 0) is 41.1 Å². The predicted octanol–water partition coefficient (Wildman–Crippen LogP) is 2.62. The molecule has 1 saturated heterocycles. The molecule has 0 N–H and O–H groups in total. The number of carbonyl (C=O) groups is 3. The molecule has 32 heavy (non-hydrogen) atoms. The fraction of sp³-hybridized carbons (Fsp3) is 0.150. The molecule has 2 aromatic rings. The second-order valence-electron chi connectivity index (χ2n) is 6.39. The number of methoxy groups -OCH3 is 1. The number of hydrogen-bond donors (Lipinski definition) is 0. The van der Waals surface area contributed by atoms with Gasteiger partial charge in [0.05, 0.1) is 34.5 Å². The quantitative estimate of drug-likeness (QED) is 0.319. The van der Waals surface area contributed by atoms with Gasteiger partial charge < -0.3 is 19.4 Å². The van der Waals surface area contributed by atoms with Gasteiger partial charge in [-0.3, -0.25) is 24.6 Å². The third kappa shape index (κ3) is 5.18. The Morgan fingerprint density at radius 1 is 1.28 bits per heavy atom. The van der Waals surface area contributed by atoms with Crippen molar-refractivity contribution in [3.05, 3.63) is 67.6 Å². The Hall–Kier alpha value is -3.57. The van der Waals surface area contributed by atoms with Crippen molar-refractivity contribution in [2.24, 2.45) is 0 Å². The maximum absolute atomic E-state index is 12.7. The van der Waals surface area contributed by atoms with E-state index in [1.807, 2.05) is 0 Å². The van der Waals surface area contributed by atoms with E-state index in [-0.39, 0.29) is 33.7 Å². The number of benzene rings is 2. The van der Waals surface area contributed by atoms with Crippen molar-refractivity contribution < 1.29 is 33.9 Å². The fourth-order valence-corrected chi connectivity index (χ4v) is 3.94. The van der Waals surface area contributed by atoms with Crippen LogP contribution in [0.2, 0.25) is 5.02 Å². The summed E-state index contributed by atoms with van der Waals surface area (Å²) >= 11 is 6.86. The number of aliphatic carboxylic acids is 1. The number of amides is 2. The SMILES string of the molecule is COc1cc(/C=C2/SC(=O)N(Cc3cccc([N+](=O)[O-])c3)C2=O)cc(Cl)c1OCC(=O)[O-]. The maximum Gasteiger partial charge on any atom is 0.293 e. The van der Waals surface area contributed by atoms with E-state index in [0.717, 1.165) is 4.90 Å². The van der Waals surface area contributed by atoms with Gasteiger partial charge in [0.2, 0.25) is 0 Å². The van der Waals surface area contributed by atoms with E-state index in [1.165, 1.54) is 43.5 Å². The number of hydrogen-bond acceptors (Lipinski definition) is 9. The first-order valence-electron chi connectivity index (χ1n) is 8.88. The molecule has 0 spiro atoms. The molecular weight excluding hydrogens is 464 g/mol. The normalized spacial score (nSPS) is 14.7. The van der Waals surface area contributed by atoms with Crippen LogP contribution in [0.4, 0.5) is 10.5 Å². The maximum atomic E-state index is 12.7. The summed E-state index contributed by atoms with van der Waals surface area (Å²) in [5.74, 6) is -1.89. The number of nitro benzene ring substituents is 1. The molecule has 166 valence electrons. The lowest BCUT2D eigenvalue weighted by atomic mass is 10.1. The van der Waals surface area contributed by atoms with Gasteiger partial charge in [0.25, 0.3) is 16.8 Å². The van der Waals surface area contributed by atoms with Gasteiger partial charge in [-0.15, -0.1) is 0 Å². The number of non-ortho nitro benzene ring substituents is 1. The predicted molar refractivity (Wildman–Crippen MR) is 113 cm³/mol. The van der Waals surface area contributed by atoms with Gasteiger partial charge in [-0.1, -0.05) is 23.7 Å². The number of carboxylic acids is 1. The van der Waals surface area contributed by atoms with Crippen molar-refractivity contribution >= 4 is 52.2 Å². The van der Waals surface area contributed by atoms with Crippen molar-refractivity contribution in [2.75, 3.05) is 13.7 Å². The summed E-state index contributed by atoms with van der Waals surface area (Å²) < 4.78 is 10.2. The molecular formula is C20H14ClN2O8S-. The smallest absolute Gasteiger partial charge is 0.293 e. The Labute approximate surface area is 190 Å². The van der Waals surface area contributed by atoms with Gasteiger partial charge in [0.15, 0.2) is 11.5 Å². The molecule has 10 nitrogen and oxygen atoms in total. The third-order valence-electron chi connectivity index (χ3n) is 4.22. The van der Waals surface area contributed by atoms with E-state index in [1.54, 1.807) is 6.07 Å². The lowest BCUT2D eigenvalue weighted by molar-refractivity contribution is -0.384. The van der Waals surface area contributed by atoms with Crippen LogP contribution in [0.5, 0.6) is 11.5 Å². The summed E-state index contributed by atoms with van der Waals surface area (Å²) in [5, 5.41) is 21.1. The first-order valence-corrected chi connectivity index (χ1v) is 10.1. The summed E-state index contributed by atoms with van der Waals surface area (Å²) in [6.07, 6.45) is 1.43. The zero-order valence-corrected chi connectivity index (χ0v) is 18.0. The van der Waals surface area contributed by atoms with E-state index in [4.69, 9.17) is 21.1 Å². The van der Waals surface area contributed by atoms with Crippen molar-refractivity contribution in [1.29, 1.82) is 0 Å². The van der Waals surface area contributed by atoms with E-state index in [9.17, 15) is 29.6 Å². The molecule has 0 aromatic heterocycles. The van der Waals surface area contributed by atoms with Crippen LogP contribution in [0, 0.1) is 10.1 Å². The molecule has 0 aliphatic carbocycles. The standard InChI is InChI=1S/C20H15ClN2O8S/c1-30-15-7-12(6-14(21)18(15)31-10-17(24)25)8-16-19(26)22(20(27)32-16)9-11-3-2-4-13(5-11)23(28)29/h2-8H,9-10H2,1H3,(H,24,25)/p-1/b16-8+. The van der Waals surface area contributed by atoms with Gasteiger partial charge in [0, 0.05) is 12.1 Å². The molecule has 0 bridgehead atoms. The zero-order valence-electron chi connectivity index (χ0n) is 16.4. The fourth-order valence-electron chi connectivity index (χ4n) is 2.83. The topological polar surface area (TPSA) is 139 Å². The molecule has 2 aromatic carbocycles. The number of ether oxygens (including phenoxy) is 2. The largest absolute Gasteiger partial charge is 0.546 e. The first-order chi connectivity index (χ1) is 15.2. The van der Waals surface area contributed by atoms with E-state index < -0.39 is 28.6 Å². The van der Waals surface area contributed by atoms with E-state index >= 15 is 0 Å². The molecule has 3 rings (SSSR count). The van der Waals surface area contributed by atoms with Gasteiger partial charge >= 0.3 is 0 Å². The number of carbonyl (C=O) groups excluding carboxylic acids is 3. The second kappa shape index (κ2) is 9.71. The minimum absolute atomic E-state index is 0.00528. The summed E-state index contributed by atoms with van der Waals surface area (Å²) in [6.45, 7) is -0.851. The molecule has 12 heteroatoms. The number of carboxylic acid groups (broad SMARTS) is 1. The number of halogens is 1. The Morgan fingerprint density at radius 3 is 2.69 bits per heavy atom. The third-order valence-corrected chi connectivity index (χ3v) is 5.41. The van der Waals surface area contributed by atoms with Crippen molar-refractivity contribution in [3.63, 3.8) is 0 Å². The highest BCUT2D eigenvalue weighted by Crippen LogP contribution is 2.39. The van der Waals surface area contributed by atoms with Crippen molar-refractivity contribution in [3.8, 4) is 11.5 Å². The lowest BCUT2D eigenvalue weighted by Gasteiger charge is -2.14. The van der Waals surface area contributed by atoms with Crippen molar-refractivity contribution in [1.82, 2.24) is 4.90 Å². The lowest BCUT2D eigenvalue weighted by Crippen LogP contribution is -2.29.